The topological polar surface area (TPSA) is 46.1 Å². The second-order valence-electron chi connectivity index (χ2n) is 6.39. The molecule has 0 unspecified atom stereocenters. The lowest BCUT2D eigenvalue weighted by Gasteiger charge is -2.12. The van der Waals surface area contributed by atoms with E-state index in [0.717, 1.165) is 36.5 Å². The summed E-state index contributed by atoms with van der Waals surface area (Å²) in [5, 5.41) is 7.69. The van der Waals surface area contributed by atoms with Crippen molar-refractivity contribution in [1.82, 2.24) is 5.32 Å². The Morgan fingerprint density at radius 2 is 2.00 bits per heavy atom. The average molecular weight is 339 g/mol. The SMILES string of the molecule is COc1cccc(CNC[C@H]2CC(c3ccc(N(C)C)cc3)=NO2)c1. The van der Waals surface area contributed by atoms with Crippen molar-refractivity contribution in [3.8, 4) is 5.75 Å². The van der Waals surface area contributed by atoms with E-state index >= 15 is 0 Å². The molecule has 0 saturated heterocycles. The Bertz CT molecular complexity index is 726. The van der Waals surface area contributed by atoms with Gasteiger partial charge < -0.3 is 19.8 Å². The zero-order valence-electron chi connectivity index (χ0n) is 15.0. The summed E-state index contributed by atoms with van der Waals surface area (Å²) in [6, 6.07) is 16.5. The van der Waals surface area contributed by atoms with Crippen LogP contribution < -0.4 is 15.0 Å². The van der Waals surface area contributed by atoms with Crippen molar-refractivity contribution in [2.75, 3.05) is 32.6 Å². The Morgan fingerprint density at radius 3 is 2.72 bits per heavy atom. The summed E-state index contributed by atoms with van der Waals surface area (Å²) in [5.74, 6) is 0.878. The van der Waals surface area contributed by atoms with Gasteiger partial charge in [-0.1, -0.05) is 29.4 Å². The maximum Gasteiger partial charge on any atom is 0.145 e. The van der Waals surface area contributed by atoms with E-state index in [1.807, 2.05) is 32.3 Å². The smallest absolute Gasteiger partial charge is 0.145 e. The minimum absolute atomic E-state index is 0.0779. The fraction of sp³-hybridized carbons (Fsp3) is 0.350. The fourth-order valence-corrected chi connectivity index (χ4v) is 2.82. The summed E-state index contributed by atoms with van der Waals surface area (Å²) in [5.41, 5.74) is 4.51. The molecule has 2 aromatic carbocycles. The van der Waals surface area contributed by atoms with Crippen molar-refractivity contribution >= 4 is 11.4 Å². The lowest BCUT2D eigenvalue weighted by molar-refractivity contribution is 0.0848. The molecule has 1 N–H and O–H groups in total. The first kappa shape index (κ1) is 17.3. The summed E-state index contributed by atoms with van der Waals surface area (Å²) in [6.45, 7) is 1.55. The molecule has 0 fully saturated rings. The number of anilines is 1. The van der Waals surface area contributed by atoms with Crippen molar-refractivity contribution in [2.45, 2.75) is 19.1 Å². The zero-order valence-corrected chi connectivity index (χ0v) is 15.0. The van der Waals surface area contributed by atoms with Gasteiger partial charge in [0, 0.05) is 39.3 Å². The molecule has 0 bridgehead atoms. The summed E-state index contributed by atoms with van der Waals surface area (Å²) < 4.78 is 5.25. The first-order valence-corrected chi connectivity index (χ1v) is 8.50. The number of hydrogen-bond acceptors (Lipinski definition) is 5. The van der Waals surface area contributed by atoms with E-state index in [1.165, 1.54) is 11.3 Å². The van der Waals surface area contributed by atoms with Gasteiger partial charge in [0.25, 0.3) is 0 Å². The molecule has 3 rings (SSSR count). The van der Waals surface area contributed by atoms with Crippen LogP contribution in [0.25, 0.3) is 0 Å². The highest BCUT2D eigenvalue weighted by molar-refractivity contribution is 6.01. The lowest BCUT2D eigenvalue weighted by Crippen LogP contribution is -2.26. The molecule has 5 nitrogen and oxygen atoms in total. The molecule has 2 aromatic rings. The second kappa shape index (κ2) is 8.03. The minimum atomic E-state index is 0.0779. The van der Waals surface area contributed by atoms with Crippen molar-refractivity contribution in [2.24, 2.45) is 5.16 Å². The number of ether oxygens (including phenoxy) is 1. The van der Waals surface area contributed by atoms with Gasteiger partial charge in [0.1, 0.15) is 11.9 Å². The van der Waals surface area contributed by atoms with Crippen LogP contribution in [0.1, 0.15) is 17.5 Å². The number of nitrogens with zero attached hydrogens (tertiary/aromatic N) is 2. The van der Waals surface area contributed by atoms with E-state index in [-0.39, 0.29) is 6.10 Å². The highest BCUT2D eigenvalue weighted by Gasteiger charge is 2.21. The van der Waals surface area contributed by atoms with Gasteiger partial charge in [-0.3, -0.25) is 0 Å². The second-order valence-corrected chi connectivity index (χ2v) is 6.39. The van der Waals surface area contributed by atoms with Gasteiger partial charge in [-0.2, -0.15) is 0 Å². The molecule has 25 heavy (non-hydrogen) atoms. The summed E-state index contributed by atoms with van der Waals surface area (Å²) in [6.07, 6.45) is 0.904. The van der Waals surface area contributed by atoms with Crippen molar-refractivity contribution in [1.29, 1.82) is 0 Å². The van der Waals surface area contributed by atoms with Crippen molar-refractivity contribution < 1.29 is 9.57 Å². The highest BCUT2D eigenvalue weighted by atomic mass is 16.6. The van der Waals surface area contributed by atoms with Crippen LogP contribution in [0.15, 0.2) is 53.7 Å². The van der Waals surface area contributed by atoms with Crippen LogP contribution in [-0.4, -0.2) is 39.6 Å². The fourth-order valence-electron chi connectivity index (χ4n) is 2.82. The van der Waals surface area contributed by atoms with E-state index < -0.39 is 0 Å². The number of methoxy groups -OCH3 is 1. The van der Waals surface area contributed by atoms with Crippen LogP contribution in [0.5, 0.6) is 5.75 Å². The lowest BCUT2D eigenvalue weighted by atomic mass is 10.0. The van der Waals surface area contributed by atoms with Crippen LogP contribution in [-0.2, 0) is 11.4 Å². The maximum atomic E-state index is 5.57. The van der Waals surface area contributed by atoms with E-state index in [9.17, 15) is 0 Å². The summed E-state index contributed by atoms with van der Waals surface area (Å²) in [7, 11) is 5.76. The molecule has 0 amide bonds. The Kier molecular flexibility index (Phi) is 5.56. The number of oxime groups is 1. The normalized spacial score (nSPS) is 16.3. The molecule has 0 aliphatic carbocycles. The van der Waals surface area contributed by atoms with Gasteiger partial charge in [-0.05, 0) is 35.4 Å². The van der Waals surface area contributed by atoms with Gasteiger partial charge in [0.15, 0.2) is 0 Å². The molecular formula is C20H25N3O2. The van der Waals surface area contributed by atoms with Crippen LogP contribution in [0.3, 0.4) is 0 Å². The molecule has 0 saturated carbocycles. The molecule has 1 heterocycles. The first-order chi connectivity index (χ1) is 12.2. The Hall–Kier alpha value is -2.53. The van der Waals surface area contributed by atoms with Gasteiger partial charge >= 0.3 is 0 Å². The number of benzene rings is 2. The molecule has 1 aliphatic heterocycles. The van der Waals surface area contributed by atoms with Crippen molar-refractivity contribution in [3.05, 3.63) is 59.7 Å². The van der Waals surface area contributed by atoms with E-state index in [4.69, 9.17) is 9.57 Å². The van der Waals surface area contributed by atoms with E-state index in [2.05, 4.69) is 45.7 Å². The molecule has 132 valence electrons. The van der Waals surface area contributed by atoms with Crippen molar-refractivity contribution in [3.63, 3.8) is 0 Å². The predicted molar refractivity (Wildman–Crippen MR) is 101 cm³/mol. The van der Waals surface area contributed by atoms with E-state index in [0.29, 0.717) is 0 Å². The molecule has 0 spiro atoms. The summed E-state index contributed by atoms with van der Waals surface area (Å²) in [4.78, 5) is 7.66. The highest BCUT2D eigenvalue weighted by Crippen LogP contribution is 2.19. The largest absolute Gasteiger partial charge is 0.497 e. The number of nitrogens with one attached hydrogen (secondary N) is 1. The van der Waals surface area contributed by atoms with Gasteiger partial charge in [0.2, 0.25) is 0 Å². The van der Waals surface area contributed by atoms with Crippen LogP contribution >= 0.6 is 0 Å². The third kappa shape index (κ3) is 4.51. The third-order valence-corrected chi connectivity index (χ3v) is 4.29. The Morgan fingerprint density at radius 1 is 1.20 bits per heavy atom. The minimum Gasteiger partial charge on any atom is -0.497 e. The molecule has 1 atom stereocenters. The number of rotatable bonds is 7. The quantitative estimate of drug-likeness (QED) is 0.842. The van der Waals surface area contributed by atoms with Crippen LogP contribution in [0.4, 0.5) is 5.69 Å². The molecular weight excluding hydrogens is 314 g/mol. The molecule has 5 heteroatoms. The monoisotopic (exact) mass is 339 g/mol. The Labute approximate surface area is 149 Å². The van der Waals surface area contributed by atoms with Crippen LogP contribution in [0, 0.1) is 0 Å². The first-order valence-electron chi connectivity index (χ1n) is 8.50. The number of hydrogen-bond donors (Lipinski definition) is 1. The van der Waals surface area contributed by atoms with Gasteiger partial charge in [0.05, 0.1) is 12.8 Å². The van der Waals surface area contributed by atoms with Gasteiger partial charge in [-0.25, -0.2) is 0 Å². The molecule has 0 aromatic heterocycles. The Balaban J connectivity index is 1.47. The average Bonchev–Trinajstić information content (AvgIpc) is 3.11. The van der Waals surface area contributed by atoms with E-state index in [1.54, 1.807) is 7.11 Å². The molecule has 0 radical (unpaired) electrons. The zero-order chi connectivity index (χ0) is 17.6. The van der Waals surface area contributed by atoms with Crippen LogP contribution in [0.2, 0.25) is 0 Å². The third-order valence-electron chi connectivity index (χ3n) is 4.29. The predicted octanol–water partition coefficient (Wildman–Crippen LogP) is 3.04. The molecule has 1 aliphatic rings. The van der Waals surface area contributed by atoms with Gasteiger partial charge in [-0.15, -0.1) is 0 Å². The standard InChI is InChI=1S/C20H25N3O2/c1-23(2)17-9-7-16(8-10-17)20-12-19(25-22-20)14-21-13-15-5-4-6-18(11-15)24-3/h4-11,19,21H,12-14H2,1-3H3/t19-/m1/s1. The summed E-state index contributed by atoms with van der Waals surface area (Å²) >= 11 is 0. The maximum absolute atomic E-state index is 5.57.